The number of halogens is 2. The van der Waals surface area contributed by atoms with E-state index in [0.29, 0.717) is 11.1 Å². The number of anilines is 1. The van der Waals surface area contributed by atoms with E-state index in [1.807, 2.05) is 30.3 Å². The number of hydrogen-bond donors (Lipinski definition) is 1. The zero-order valence-electron chi connectivity index (χ0n) is 11.2. The summed E-state index contributed by atoms with van der Waals surface area (Å²) < 4.78 is 32.5. The van der Waals surface area contributed by atoms with Crippen LogP contribution in [0.4, 0.5) is 14.7 Å². The Kier molecular flexibility index (Phi) is 3.17. The van der Waals surface area contributed by atoms with Crippen LogP contribution in [0.5, 0.6) is 0 Å². The van der Waals surface area contributed by atoms with Crippen LogP contribution in [0.2, 0.25) is 0 Å². The second-order valence-corrected chi connectivity index (χ2v) is 4.72. The van der Waals surface area contributed by atoms with Gasteiger partial charge in [0.25, 0.3) is 0 Å². The minimum atomic E-state index is -0.705. The molecule has 2 aromatic carbocycles. The van der Waals surface area contributed by atoms with Gasteiger partial charge in [0.1, 0.15) is 17.3 Å². The van der Waals surface area contributed by atoms with Gasteiger partial charge in [-0.1, -0.05) is 35.5 Å². The van der Waals surface area contributed by atoms with Crippen molar-refractivity contribution >= 4 is 5.88 Å². The Balaban J connectivity index is 2.24. The molecule has 0 aliphatic rings. The van der Waals surface area contributed by atoms with Crippen molar-refractivity contribution in [1.82, 2.24) is 5.16 Å². The summed E-state index contributed by atoms with van der Waals surface area (Å²) >= 11 is 0. The molecule has 106 valence electrons. The molecule has 0 bridgehead atoms. The predicted molar refractivity (Wildman–Crippen MR) is 76.4 cm³/mol. The normalized spacial score (nSPS) is 10.8. The maximum Gasteiger partial charge on any atom is 0.230 e. The van der Waals surface area contributed by atoms with Gasteiger partial charge < -0.3 is 10.3 Å². The van der Waals surface area contributed by atoms with Crippen LogP contribution in [0.25, 0.3) is 22.4 Å². The highest BCUT2D eigenvalue weighted by atomic mass is 19.1. The van der Waals surface area contributed by atoms with Crippen molar-refractivity contribution in [2.24, 2.45) is 0 Å². The van der Waals surface area contributed by atoms with E-state index in [1.54, 1.807) is 6.92 Å². The minimum absolute atomic E-state index is 0.0950. The molecule has 3 rings (SSSR count). The Morgan fingerprint density at radius 1 is 1.05 bits per heavy atom. The monoisotopic (exact) mass is 286 g/mol. The molecule has 0 atom stereocenters. The quantitative estimate of drug-likeness (QED) is 0.769. The predicted octanol–water partition coefficient (Wildman–Crippen LogP) is 4.18. The zero-order valence-corrected chi connectivity index (χ0v) is 11.2. The van der Waals surface area contributed by atoms with Crippen LogP contribution in [0.15, 0.2) is 47.0 Å². The van der Waals surface area contributed by atoms with E-state index in [1.165, 1.54) is 6.07 Å². The summed E-state index contributed by atoms with van der Waals surface area (Å²) in [7, 11) is 0. The zero-order chi connectivity index (χ0) is 15.0. The molecule has 0 fully saturated rings. The minimum Gasteiger partial charge on any atom is -0.367 e. The first-order valence-corrected chi connectivity index (χ1v) is 6.34. The lowest BCUT2D eigenvalue weighted by atomic mass is 9.99. The maximum atomic E-state index is 14.1. The molecular weight excluding hydrogens is 274 g/mol. The van der Waals surface area contributed by atoms with Crippen LogP contribution in [0.1, 0.15) is 5.56 Å². The summed E-state index contributed by atoms with van der Waals surface area (Å²) in [5.74, 6) is -1.21. The van der Waals surface area contributed by atoms with Gasteiger partial charge in [-0.25, -0.2) is 8.78 Å². The molecule has 2 N–H and O–H groups in total. The number of aryl methyl sites for hydroxylation is 1. The summed E-state index contributed by atoms with van der Waals surface area (Å²) in [4.78, 5) is 0. The molecule has 5 heteroatoms. The first kappa shape index (κ1) is 13.3. The summed E-state index contributed by atoms with van der Waals surface area (Å²) in [6.45, 7) is 1.56. The van der Waals surface area contributed by atoms with E-state index in [9.17, 15) is 8.78 Å². The van der Waals surface area contributed by atoms with Crippen molar-refractivity contribution in [3.8, 4) is 22.4 Å². The van der Waals surface area contributed by atoms with Gasteiger partial charge in [-0.3, -0.25) is 0 Å². The Morgan fingerprint density at radius 2 is 1.76 bits per heavy atom. The number of rotatable bonds is 2. The molecule has 0 saturated heterocycles. The molecule has 3 aromatic rings. The smallest absolute Gasteiger partial charge is 0.230 e. The van der Waals surface area contributed by atoms with Gasteiger partial charge in [0, 0.05) is 11.6 Å². The van der Waals surface area contributed by atoms with Gasteiger partial charge in [-0.15, -0.1) is 0 Å². The van der Waals surface area contributed by atoms with Gasteiger partial charge >= 0.3 is 0 Å². The standard InChI is InChI=1S/C16H12F2N2O/c1-9-7-11(13(18)8-12(9)17)15-14(16(19)21-20-15)10-5-3-2-4-6-10/h2-8H,19H2,1H3. The van der Waals surface area contributed by atoms with Gasteiger partial charge in [0.05, 0.1) is 5.56 Å². The molecule has 0 unspecified atom stereocenters. The summed E-state index contributed by atoms with van der Waals surface area (Å²) in [6.07, 6.45) is 0. The molecule has 0 saturated carbocycles. The molecular formula is C16H12F2N2O. The van der Waals surface area contributed by atoms with Crippen LogP contribution < -0.4 is 5.73 Å². The van der Waals surface area contributed by atoms with Gasteiger partial charge in [0.2, 0.25) is 5.88 Å². The lowest BCUT2D eigenvalue weighted by Gasteiger charge is -2.06. The topological polar surface area (TPSA) is 52.0 Å². The summed E-state index contributed by atoms with van der Waals surface area (Å²) in [6, 6.07) is 11.4. The van der Waals surface area contributed by atoms with E-state index in [0.717, 1.165) is 11.6 Å². The Bertz CT molecular complexity index is 798. The average Bonchev–Trinajstić information content (AvgIpc) is 2.85. The largest absolute Gasteiger partial charge is 0.367 e. The molecule has 1 aromatic heterocycles. The number of nitrogen functional groups attached to an aromatic ring is 1. The summed E-state index contributed by atoms with van der Waals surface area (Å²) in [5.41, 5.74) is 7.81. The van der Waals surface area contributed by atoms with E-state index in [2.05, 4.69) is 5.16 Å². The number of hydrogen-bond acceptors (Lipinski definition) is 3. The second-order valence-electron chi connectivity index (χ2n) is 4.72. The van der Waals surface area contributed by atoms with Crippen molar-refractivity contribution in [2.75, 3.05) is 5.73 Å². The molecule has 0 aliphatic carbocycles. The van der Waals surface area contributed by atoms with Gasteiger partial charge in [-0.05, 0) is 24.1 Å². The number of nitrogens with zero attached hydrogens (tertiary/aromatic N) is 1. The van der Waals surface area contributed by atoms with E-state index < -0.39 is 11.6 Å². The lowest BCUT2D eigenvalue weighted by molar-refractivity contribution is 0.439. The fraction of sp³-hybridized carbons (Fsp3) is 0.0625. The van der Waals surface area contributed by atoms with Crippen LogP contribution in [-0.4, -0.2) is 5.16 Å². The molecule has 0 aliphatic heterocycles. The molecule has 3 nitrogen and oxygen atoms in total. The number of nitrogens with two attached hydrogens (primary N) is 1. The Hall–Kier alpha value is -2.69. The molecule has 0 amide bonds. The first-order chi connectivity index (χ1) is 10.1. The first-order valence-electron chi connectivity index (χ1n) is 6.34. The molecule has 21 heavy (non-hydrogen) atoms. The van der Waals surface area contributed by atoms with Gasteiger partial charge in [-0.2, -0.15) is 0 Å². The van der Waals surface area contributed by atoms with Crippen molar-refractivity contribution in [1.29, 1.82) is 0 Å². The Morgan fingerprint density at radius 3 is 2.48 bits per heavy atom. The SMILES string of the molecule is Cc1cc(-c2noc(N)c2-c2ccccc2)c(F)cc1F. The summed E-state index contributed by atoms with van der Waals surface area (Å²) in [5, 5.41) is 3.83. The van der Waals surface area contributed by atoms with Crippen molar-refractivity contribution in [3.63, 3.8) is 0 Å². The Labute approximate surface area is 120 Å². The van der Waals surface area contributed by atoms with Gasteiger partial charge in [0.15, 0.2) is 0 Å². The molecule has 0 radical (unpaired) electrons. The highest BCUT2D eigenvalue weighted by Crippen LogP contribution is 2.37. The van der Waals surface area contributed by atoms with Crippen molar-refractivity contribution in [3.05, 3.63) is 59.7 Å². The maximum absolute atomic E-state index is 14.1. The third kappa shape index (κ3) is 2.27. The number of aromatic nitrogens is 1. The highest BCUT2D eigenvalue weighted by Gasteiger charge is 2.21. The third-order valence-electron chi connectivity index (χ3n) is 3.28. The van der Waals surface area contributed by atoms with Crippen LogP contribution in [0.3, 0.4) is 0 Å². The number of benzene rings is 2. The molecule has 1 heterocycles. The second kappa shape index (κ2) is 5.01. The van der Waals surface area contributed by atoms with Crippen molar-refractivity contribution < 1.29 is 13.3 Å². The van der Waals surface area contributed by atoms with E-state index in [4.69, 9.17) is 10.3 Å². The van der Waals surface area contributed by atoms with Crippen molar-refractivity contribution in [2.45, 2.75) is 6.92 Å². The lowest BCUT2D eigenvalue weighted by Crippen LogP contribution is -1.93. The molecule has 0 spiro atoms. The van der Waals surface area contributed by atoms with Crippen LogP contribution >= 0.6 is 0 Å². The third-order valence-corrected chi connectivity index (χ3v) is 3.28. The van der Waals surface area contributed by atoms with E-state index in [-0.39, 0.29) is 17.1 Å². The van der Waals surface area contributed by atoms with Crippen LogP contribution in [0, 0.1) is 18.6 Å². The fourth-order valence-corrected chi connectivity index (χ4v) is 2.21. The highest BCUT2D eigenvalue weighted by molar-refractivity contribution is 5.87. The average molecular weight is 286 g/mol. The van der Waals surface area contributed by atoms with E-state index >= 15 is 0 Å². The fourth-order valence-electron chi connectivity index (χ4n) is 2.21. The van der Waals surface area contributed by atoms with Crippen LogP contribution in [-0.2, 0) is 0 Å².